The summed E-state index contributed by atoms with van der Waals surface area (Å²) in [5.74, 6) is -0.113. The third-order valence-electron chi connectivity index (χ3n) is 5.73. The van der Waals surface area contributed by atoms with Crippen molar-refractivity contribution in [3.05, 3.63) is 48.0 Å². The maximum atomic E-state index is 12.9. The number of carbonyl (C=O) groups excluding carboxylic acids is 2. The van der Waals surface area contributed by atoms with Crippen molar-refractivity contribution in [2.24, 2.45) is 5.92 Å². The smallest absolute Gasteiger partial charge is 0.235 e. The first-order valence-electron chi connectivity index (χ1n) is 10.1. The van der Waals surface area contributed by atoms with Crippen molar-refractivity contribution in [1.82, 2.24) is 0 Å². The Kier molecular flexibility index (Phi) is 5.62. The molecule has 0 unspecified atom stereocenters. The number of hydrogen-bond donors (Lipinski definition) is 1. The first-order valence-corrected chi connectivity index (χ1v) is 11.8. The lowest BCUT2D eigenvalue weighted by atomic mass is 10.1. The van der Waals surface area contributed by atoms with Crippen LogP contribution in [0, 0.1) is 12.8 Å². The number of nitrogens with zero attached hydrogens (tertiary/aromatic N) is 2. The molecule has 2 aromatic rings. The van der Waals surface area contributed by atoms with Crippen LogP contribution in [0.1, 0.15) is 18.4 Å². The van der Waals surface area contributed by atoms with Crippen molar-refractivity contribution in [2.75, 3.05) is 40.5 Å². The number of nitrogens with one attached hydrogen (secondary N) is 1. The highest BCUT2D eigenvalue weighted by Gasteiger charge is 2.35. The summed E-state index contributed by atoms with van der Waals surface area (Å²) in [6, 6.07) is 12.4. The predicted molar refractivity (Wildman–Crippen MR) is 119 cm³/mol. The Balaban J connectivity index is 1.50. The van der Waals surface area contributed by atoms with Crippen LogP contribution in [0.15, 0.2) is 42.5 Å². The molecule has 164 valence electrons. The Morgan fingerprint density at radius 1 is 1.16 bits per heavy atom. The molecule has 9 heteroatoms. The number of rotatable bonds is 5. The predicted octanol–water partition coefficient (Wildman–Crippen LogP) is 2.54. The average molecular weight is 444 g/mol. The molecule has 2 heterocycles. The topological polar surface area (TPSA) is 96.0 Å². The molecule has 8 nitrogen and oxygen atoms in total. The molecule has 2 fully saturated rings. The summed E-state index contributed by atoms with van der Waals surface area (Å²) in [7, 11) is -1.75. The van der Waals surface area contributed by atoms with Crippen LogP contribution >= 0.6 is 0 Å². The van der Waals surface area contributed by atoms with Crippen LogP contribution in [-0.2, 0) is 19.6 Å². The fourth-order valence-electron chi connectivity index (χ4n) is 3.98. The quantitative estimate of drug-likeness (QED) is 0.766. The van der Waals surface area contributed by atoms with Crippen molar-refractivity contribution in [3.8, 4) is 5.75 Å². The Morgan fingerprint density at radius 3 is 2.68 bits per heavy atom. The highest BCUT2D eigenvalue weighted by molar-refractivity contribution is 7.93. The van der Waals surface area contributed by atoms with Gasteiger partial charge in [0.05, 0.1) is 24.5 Å². The highest BCUT2D eigenvalue weighted by Crippen LogP contribution is 2.31. The van der Waals surface area contributed by atoms with E-state index in [4.69, 9.17) is 4.74 Å². The molecule has 2 aliphatic rings. The number of sulfonamides is 1. The molecular formula is C22H25N3O5S. The van der Waals surface area contributed by atoms with Gasteiger partial charge < -0.3 is 15.0 Å². The highest BCUT2D eigenvalue weighted by atomic mass is 32.2. The number of benzene rings is 2. The van der Waals surface area contributed by atoms with E-state index in [-0.39, 0.29) is 30.5 Å². The second kappa shape index (κ2) is 8.22. The molecule has 1 atom stereocenters. The fraction of sp³-hybridized carbons (Fsp3) is 0.364. The monoisotopic (exact) mass is 443 g/mol. The molecule has 2 aliphatic heterocycles. The number of ether oxygens (including phenoxy) is 1. The first-order chi connectivity index (χ1) is 14.8. The zero-order valence-corrected chi connectivity index (χ0v) is 18.3. The number of methoxy groups -OCH3 is 1. The van der Waals surface area contributed by atoms with Gasteiger partial charge in [0.1, 0.15) is 5.75 Å². The van der Waals surface area contributed by atoms with E-state index in [9.17, 15) is 18.0 Å². The first kappa shape index (κ1) is 21.2. The minimum atomic E-state index is -3.31. The van der Waals surface area contributed by atoms with E-state index in [0.717, 1.165) is 5.56 Å². The van der Waals surface area contributed by atoms with E-state index in [1.807, 2.05) is 13.0 Å². The Bertz CT molecular complexity index is 1130. The number of anilines is 3. The van der Waals surface area contributed by atoms with Crippen molar-refractivity contribution in [3.63, 3.8) is 0 Å². The van der Waals surface area contributed by atoms with Gasteiger partial charge in [0.15, 0.2) is 0 Å². The fourth-order valence-corrected chi connectivity index (χ4v) is 5.53. The lowest BCUT2D eigenvalue weighted by molar-refractivity contribution is -0.122. The number of aryl methyl sites for hydroxylation is 1. The maximum Gasteiger partial charge on any atom is 0.235 e. The molecule has 2 amide bonds. The van der Waals surface area contributed by atoms with Gasteiger partial charge in [-0.1, -0.05) is 12.1 Å². The summed E-state index contributed by atoms with van der Waals surface area (Å²) in [6.45, 7) is 2.56. The summed E-state index contributed by atoms with van der Waals surface area (Å²) in [6.07, 6.45) is 0.699. The Hall–Kier alpha value is -3.07. The van der Waals surface area contributed by atoms with Crippen LogP contribution < -0.4 is 19.3 Å². The molecule has 2 saturated heterocycles. The van der Waals surface area contributed by atoms with E-state index in [1.165, 1.54) is 4.31 Å². The van der Waals surface area contributed by atoms with Gasteiger partial charge in [-0.15, -0.1) is 0 Å². The molecular weight excluding hydrogens is 418 g/mol. The van der Waals surface area contributed by atoms with Crippen molar-refractivity contribution < 1.29 is 22.7 Å². The largest absolute Gasteiger partial charge is 0.497 e. The molecule has 0 aliphatic carbocycles. The zero-order chi connectivity index (χ0) is 22.2. The minimum absolute atomic E-state index is 0.113. The number of hydrogen-bond acceptors (Lipinski definition) is 5. The van der Waals surface area contributed by atoms with Gasteiger partial charge in [-0.3, -0.25) is 13.9 Å². The molecule has 0 saturated carbocycles. The molecule has 2 aromatic carbocycles. The van der Waals surface area contributed by atoms with Gasteiger partial charge in [0.25, 0.3) is 0 Å². The minimum Gasteiger partial charge on any atom is -0.497 e. The molecule has 0 bridgehead atoms. The molecule has 1 N–H and O–H groups in total. The van der Waals surface area contributed by atoms with Crippen molar-refractivity contribution in [1.29, 1.82) is 0 Å². The van der Waals surface area contributed by atoms with Crippen molar-refractivity contribution >= 4 is 38.9 Å². The van der Waals surface area contributed by atoms with E-state index in [1.54, 1.807) is 48.4 Å². The van der Waals surface area contributed by atoms with Gasteiger partial charge in [-0.2, -0.15) is 0 Å². The summed E-state index contributed by atoms with van der Waals surface area (Å²) in [5, 5.41) is 2.89. The summed E-state index contributed by atoms with van der Waals surface area (Å²) < 4.78 is 31.1. The standard InChI is InChI=1S/C22H25N3O5S/c1-15-7-8-18(25-9-4-10-31(25,28)29)13-20(15)23-22(27)16-11-21(26)24(14-16)17-5-3-6-19(12-17)30-2/h3,5-8,12-13,16H,4,9-11,14H2,1-2H3,(H,23,27)/t16-/m1/s1. The van der Waals surface area contributed by atoms with Crippen LogP contribution in [0.3, 0.4) is 0 Å². The zero-order valence-electron chi connectivity index (χ0n) is 17.5. The van der Waals surface area contributed by atoms with E-state index >= 15 is 0 Å². The van der Waals surface area contributed by atoms with Crippen LogP contribution in [0.25, 0.3) is 0 Å². The normalized spacial score (nSPS) is 20.2. The SMILES string of the molecule is COc1cccc(N2C[C@H](C(=O)Nc3cc(N4CCCS4(=O)=O)ccc3C)CC2=O)c1. The van der Waals surface area contributed by atoms with Crippen LogP contribution in [-0.4, -0.2) is 46.2 Å². The van der Waals surface area contributed by atoms with Crippen LogP contribution in [0.4, 0.5) is 17.1 Å². The summed E-state index contributed by atoms with van der Waals surface area (Å²) >= 11 is 0. The Labute approximate surface area is 181 Å². The lowest BCUT2D eigenvalue weighted by Gasteiger charge is -2.20. The van der Waals surface area contributed by atoms with Gasteiger partial charge >= 0.3 is 0 Å². The maximum absolute atomic E-state index is 12.9. The molecule has 0 spiro atoms. The van der Waals surface area contributed by atoms with Gasteiger partial charge in [0.2, 0.25) is 21.8 Å². The Morgan fingerprint density at radius 2 is 1.97 bits per heavy atom. The average Bonchev–Trinajstić information content (AvgIpc) is 3.31. The van der Waals surface area contributed by atoms with E-state index in [0.29, 0.717) is 35.8 Å². The molecule has 0 radical (unpaired) electrons. The summed E-state index contributed by atoms with van der Waals surface area (Å²) in [4.78, 5) is 27.1. The summed E-state index contributed by atoms with van der Waals surface area (Å²) in [5.41, 5.74) is 2.61. The molecule has 4 rings (SSSR count). The number of carbonyl (C=O) groups is 2. The molecule has 0 aromatic heterocycles. The van der Waals surface area contributed by atoms with Gasteiger partial charge in [-0.05, 0) is 43.2 Å². The second-order valence-corrected chi connectivity index (χ2v) is 9.85. The van der Waals surface area contributed by atoms with E-state index in [2.05, 4.69) is 5.32 Å². The lowest BCUT2D eigenvalue weighted by Crippen LogP contribution is -2.28. The third kappa shape index (κ3) is 4.23. The van der Waals surface area contributed by atoms with E-state index < -0.39 is 15.9 Å². The van der Waals surface area contributed by atoms with Gasteiger partial charge in [-0.25, -0.2) is 8.42 Å². The van der Waals surface area contributed by atoms with Crippen LogP contribution in [0.2, 0.25) is 0 Å². The third-order valence-corrected chi connectivity index (χ3v) is 7.60. The molecule has 31 heavy (non-hydrogen) atoms. The van der Waals surface area contributed by atoms with Gasteiger partial charge in [0, 0.05) is 37.0 Å². The number of amides is 2. The van der Waals surface area contributed by atoms with Crippen molar-refractivity contribution in [2.45, 2.75) is 19.8 Å². The second-order valence-electron chi connectivity index (χ2n) is 7.84. The van der Waals surface area contributed by atoms with Crippen LogP contribution in [0.5, 0.6) is 5.75 Å².